The maximum absolute atomic E-state index is 12.5. The normalized spacial score (nSPS) is 14.9. The fourth-order valence-electron chi connectivity index (χ4n) is 2.61. The van der Waals surface area contributed by atoms with Crippen LogP contribution in [0.4, 0.5) is 19.0 Å². The smallest absolute Gasteiger partial charge is 0.481 e. The van der Waals surface area contributed by atoms with E-state index in [1.165, 1.54) is 24.4 Å². The highest BCUT2D eigenvalue weighted by Gasteiger charge is 2.32. The summed E-state index contributed by atoms with van der Waals surface area (Å²) in [6.07, 6.45) is -4.57. The van der Waals surface area contributed by atoms with E-state index >= 15 is 0 Å². The lowest BCUT2D eigenvalue weighted by Crippen LogP contribution is -2.21. The Morgan fingerprint density at radius 1 is 1.25 bits per heavy atom. The molecule has 0 saturated carbocycles. The van der Waals surface area contributed by atoms with Crippen LogP contribution in [-0.4, -0.2) is 33.5 Å². The number of aromatic nitrogens is 1. The van der Waals surface area contributed by atoms with Gasteiger partial charge in [0.05, 0.1) is 5.92 Å². The van der Waals surface area contributed by atoms with Gasteiger partial charge in [0.25, 0.3) is 0 Å². The lowest BCUT2D eigenvalue weighted by atomic mass is 10.0. The number of carboxylic acid groups (broad SMARTS) is 1. The van der Waals surface area contributed by atoms with Crippen LogP contribution in [0.1, 0.15) is 11.1 Å². The lowest BCUT2D eigenvalue weighted by molar-refractivity contribution is -0.274. The molecule has 11 heteroatoms. The van der Waals surface area contributed by atoms with Crippen molar-refractivity contribution < 1.29 is 37.3 Å². The zero-order valence-corrected chi connectivity index (χ0v) is 15.4. The van der Waals surface area contributed by atoms with Gasteiger partial charge in [-0.1, -0.05) is 18.2 Å². The van der Waals surface area contributed by atoms with E-state index in [9.17, 15) is 32.5 Å². The van der Waals surface area contributed by atoms with Crippen LogP contribution in [0.2, 0.25) is 0 Å². The molecule has 2 rings (SSSR count). The average molecular weight is 418 g/mol. The topological polar surface area (TPSA) is 123 Å². The highest BCUT2D eigenvalue weighted by atomic mass is 31.2. The number of hydrogen-bond acceptors (Lipinski definition) is 5. The number of aliphatic carboxylic acids is 1. The maximum Gasteiger partial charge on any atom is 0.573 e. The molecule has 2 unspecified atom stereocenters. The largest absolute Gasteiger partial charge is 0.573 e. The van der Waals surface area contributed by atoms with Crippen LogP contribution in [-0.2, 0) is 21.9 Å². The molecule has 28 heavy (non-hydrogen) atoms. The van der Waals surface area contributed by atoms with Gasteiger partial charge in [-0.3, -0.25) is 9.36 Å². The van der Waals surface area contributed by atoms with E-state index in [0.717, 1.165) is 12.1 Å². The second-order valence-electron chi connectivity index (χ2n) is 6.21. The summed E-state index contributed by atoms with van der Waals surface area (Å²) in [4.78, 5) is 25.6. The summed E-state index contributed by atoms with van der Waals surface area (Å²) in [7, 11) is -4.00. The SMILES string of the molecule is Nc1ccc(CC(CP(=O)(O)Cc2cccc(OC(F)(F)F)c2)C(=O)O)cn1. The molecule has 0 saturated heterocycles. The third-order valence-electron chi connectivity index (χ3n) is 3.75. The molecule has 2 aromatic rings. The van der Waals surface area contributed by atoms with E-state index in [2.05, 4.69) is 9.72 Å². The van der Waals surface area contributed by atoms with Crippen molar-refractivity contribution in [1.82, 2.24) is 4.98 Å². The molecule has 0 aliphatic rings. The van der Waals surface area contributed by atoms with Gasteiger partial charge in [-0.25, -0.2) is 4.98 Å². The fourth-order valence-corrected chi connectivity index (χ4v) is 4.48. The molecule has 152 valence electrons. The Bertz CT molecular complexity index is 874. The molecule has 0 fully saturated rings. The molecule has 2 atom stereocenters. The first-order valence-corrected chi connectivity index (χ1v) is 10.1. The van der Waals surface area contributed by atoms with E-state index in [1.807, 2.05) is 0 Å². The van der Waals surface area contributed by atoms with Crippen LogP contribution < -0.4 is 10.5 Å². The van der Waals surface area contributed by atoms with Crippen molar-refractivity contribution in [3.05, 3.63) is 53.7 Å². The van der Waals surface area contributed by atoms with Gasteiger partial charge in [-0.05, 0) is 35.7 Å². The molecule has 0 spiro atoms. The first-order chi connectivity index (χ1) is 12.9. The Morgan fingerprint density at radius 3 is 2.54 bits per heavy atom. The summed E-state index contributed by atoms with van der Waals surface area (Å²) in [6.45, 7) is 0. The fraction of sp³-hybridized carbons (Fsp3) is 0.294. The molecule has 1 aromatic carbocycles. The number of nitrogen functional groups attached to an aromatic ring is 1. The van der Waals surface area contributed by atoms with E-state index in [4.69, 9.17) is 5.73 Å². The van der Waals surface area contributed by atoms with Gasteiger partial charge in [0, 0.05) is 18.5 Å². The minimum Gasteiger partial charge on any atom is -0.481 e. The van der Waals surface area contributed by atoms with E-state index in [1.54, 1.807) is 6.07 Å². The van der Waals surface area contributed by atoms with Gasteiger partial charge >= 0.3 is 12.3 Å². The Balaban J connectivity index is 2.10. The predicted molar refractivity (Wildman–Crippen MR) is 95.0 cm³/mol. The molecule has 0 aliphatic heterocycles. The Kier molecular flexibility index (Phi) is 6.69. The van der Waals surface area contributed by atoms with Crippen LogP contribution in [0, 0.1) is 5.92 Å². The standard InChI is InChI=1S/C17H18F3N2O5P/c18-17(19,20)27-14-3-1-2-12(7-14)9-28(25,26)10-13(16(23)24)6-11-4-5-15(21)22-8-11/h1-5,7-8,13H,6,9-10H2,(H2,21,22)(H,23,24)(H,25,26). The number of benzene rings is 1. The van der Waals surface area contributed by atoms with Crippen LogP contribution in [0.3, 0.4) is 0 Å². The van der Waals surface area contributed by atoms with Crippen LogP contribution in [0.25, 0.3) is 0 Å². The number of alkyl halides is 3. The van der Waals surface area contributed by atoms with E-state index in [-0.39, 0.29) is 17.8 Å². The number of pyridine rings is 1. The van der Waals surface area contributed by atoms with Gasteiger partial charge in [-0.2, -0.15) is 0 Å². The Hall–Kier alpha value is -2.58. The van der Waals surface area contributed by atoms with Crippen molar-refractivity contribution >= 4 is 19.2 Å². The number of nitrogens with two attached hydrogens (primary N) is 1. The van der Waals surface area contributed by atoms with Gasteiger partial charge in [0.2, 0.25) is 7.37 Å². The van der Waals surface area contributed by atoms with Gasteiger partial charge in [0.1, 0.15) is 11.6 Å². The minimum atomic E-state index is -4.89. The molecule has 7 nitrogen and oxygen atoms in total. The number of ether oxygens (including phenoxy) is 1. The van der Waals surface area contributed by atoms with Gasteiger partial charge in [-0.15, -0.1) is 13.2 Å². The number of halogens is 3. The molecule has 4 N–H and O–H groups in total. The van der Waals surface area contributed by atoms with Crippen molar-refractivity contribution in [3.63, 3.8) is 0 Å². The first kappa shape index (κ1) is 21.7. The molecule has 0 aliphatic carbocycles. The Morgan fingerprint density at radius 2 is 1.96 bits per heavy atom. The number of carboxylic acids is 1. The number of nitrogens with zero attached hydrogens (tertiary/aromatic N) is 1. The average Bonchev–Trinajstić information content (AvgIpc) is 2.54. The molecule has 0 bridgehead atoms. The third-order valence-corrected chi connectivity index (χ3v) is 5.62. The quantitative estimate of drug-likeness (QED) is 0.562. The zero-order valence-electron chi connectivity index (χ0n) is 14.5. The van der Waals surface area contributed by atoms with Crippen LogP contribution in [0.5, 0.6) is 5.75 Å². The number of carbonyl (C=O) groups is 1. The Labute approximate surface area is 158 Å². The number of hydrogen-bond donors (Lipinski definition) is 3. The van der Waals surface area contributed by atoms with Gasteiger partial charge in [0.15, 0.2) is 0 Å². The monoisotopic (exact) mass is 418 g/mol. The molecule has 0 amide bonds. The molecule has 1 heterocycles. The molecule has 1 aromatic heterocycles. The summed E-state index contributed by atoms with van der Waals surface area (Å²) < 4.78 is 53.2. The molecular formula is C17H18F3N2O5P. The predicted octanol–water partition coefficient (Wildman–Crippen LogP) is 3.28. The van der Waals surface area contributed by atoms with E-state index in [0.29, 0.717) is 5.56 Å². The summed E-state index contributed by atoms with van der Waals surface area (Å²) in [5, 5.41) is 9.37. The second-order valence-corrected chi connectivity index (χ2v) is 8.59. The summed E-state index contributed by atoms with van der Waals surface area (Å²) in [5.41, 5.74) is 6.12. The maximum atomic E-state index is 12.5. The summed E-state index contributed by atoms with van der Waals surface area (Å²) in [6, 6.07) is 7.73. The highest BCUT2D eigenvalue weighted by molar-refractivity contribution is 7.57. The minimum absolute atomic E-state index is 0.0373. The summed E-state index contributed by atoms with van der Waals surface area (Å²) in [5.74, 6) is -2.70. The van der Waals surface area contributed by atoms with Crippen molar-refractivity contribution in [1.29, 1.82) is 0 Å². The van der Waals surface area contributed by atoms with Crippen LogP contribution >= 0.6 is 7.37 Å². The third kappa shape index (κ3) is 7.21. The molecule has 0 radical (unpaired) electrons. The molecular weight excluding hydrogens is 400 g/mol. The van der Waals surface area contributed by atoms with E-state index < -0.39 is 43.7 Å². The van der Waals surface area contributed by atoms with Crippen molar-refractivity contribution in [3.8, 4) is 5.75 Å². The second kappa shape index (κ2) is 8.62. The van der Waals surface area contributed by atoms with Gasteiger partial charge < -0.3 is 20.5 Å². The van der Waals surface area contributed by atoms with Crippen LogP contribution in [0.15, 0.2) is 42.6 Å². The summed E-state index contributed by atoms with van der Waals surface area (Å²) >= 11 is 0. The number of rotatable bonds is 8. The van der Waals surface area contributed by atoms with Crippen molar-refractivity contribution in [2.45, 2.75) is 18.9 Å². The highest BCUT2D eigenvalue weighted by Crippen LogP contribution is 2.47. The van der Waals surface area contributed by atoms with Crippen molar-refractivity contribution in [2.75, 3.05) is 11.9 Å². The lowest BCUT2D eigenvalue weighted by Gasteiger charge is -2.18. The number of anilines is 1. The first-order valence-electron chi connectivity index (χ1n) is 8.02. The zero-order chi connectivity index (χ0) is 20.9. The van der Waals surface area contributed by atoms with Crippen molar-refractivity contribution in [2.24, 2.45) is 5.92 Å².